The van der Waals surface area contributed by atoms with E-state index in [1.807, 2.05) is 6.20 Å². The van der Waals surface area contributed by atoms with Crippen molar-refractivity contribution in [3.63, 3.8) is 0 Å². The van der Waals surface area contributed by atoms with Crippen LogP contribution in [-0.2, 0) is 0 Å². The average molecular weight is 278 g/mol. The van der Waals surface area contributed by atoms with Gasteiger partial charge in [0.25, 0.3) is 0 Å². The number of ether oxygens (including phenoxy) is 1. The summed E-state index contributed by atoms with van der Waals surface area (Å²) in [5.41, 5.74) is 1.24. The van der Waals surface area contributed by atoms with Crippen LogP contribution < -0.4 is 10.1 Å². The van der Waals surface area contributed by atoms with Crippen LogP contribution in [0.5, 0.6) is 5.75 Å². The van der Waals surface area contributed by atoms with Crippen molar-refractivity contribution in [1.29, 1.82) is 0 Å². The highest BCUT2D eigenvalue weighted by Crippen LogP contribution is 2.27. The fraction of sp³-hybridized carbons (Fsp3) is 0.706. The molecule has 2 unspecified atom stereocenters. The molecule has 1 N–H and O–H groups in total. The first-order chi connectivity index (χ1) is 9.72. The van der Waals surface area contributed by atoms with Crippen molar-refractivity contribution >= 4 is 0 Å². The first-order valence-electron chi connectivity index (χ1n) is 8.04. The standard InChI is InChI=1S/C17H30N2O/c1-5-8-14(4)17(19-9-6-2)15-11-16(13-18-12-15)20-10-7-3/h11-14,17,19H,5-10H2,1-4H3. The molecule has 0 fully saturated rings. The van der Waals surface area contributed by atoms with E-state index in [2.05, 4.69) is 44.1 Å². The SMILES string of the molecule is CCCNC(c1cncc(OCCC)c1)C(C)CCC. The Bertz CT molecular complexity index is 368. The van der Waals surface area contributed by atoms with Gasteiger partial charge in [0.05, 0.1) is 12.8 Å². The molecule has 1 rings (SSSR count). The van der Waals surface area contributed by atoms with Crippen molar-refractivity contribution < 1.29 is 4.74 Å². The lowest BCUT2D eigenvalue weighted by Gasteiger charge is -2.25. The molecule has 0 aromatic carbocycles. The number of aromatic nitrogens is 1. The third-order valence-corrected chi connectivity index (χ3v) is 3.49. The smallest absolute Gasteiger partial charge is 0.137 e. The van der Waals surface area contributed by atoms with E-state index in [4.69, 9.17) is 4.74 Å². The zero-order valence-corrected chi connectivity index (χ0v) is 13.5. The summed E-state index contributed by atoms with van der Waals surface area (Å²) < 4.78 is 5.70. The Morgan fingerprint density at radius 3 is 2.60 bits per heavy atom. The van der Waals surface area contributed by atoms with Crippen LogP contribution in [0.15, 0.2) is 18.5 Å². The molecule has 0 saturated heterocycles. The maximum absolute atomic E-state index is 5.70. The molecule has 3 heteroatoms. The van der Waals surface area contributed by atoms with Gasteiger partial charge in [0, 0.05) is 12.2 Å². The molecular formula is C17H30N2O. The molecule has 0 amide bonds. The van der Waals surface area contributed by atoms with Crippen molar-refractivity contribution in [1.82, 2.24) is 10.3 Å². The molecule has 20 heavy (non-hydrogen) atoms. The largest absolute Gasteiger partial charge is 0.492 e. The summed E-state index contributed by atoms with van der Waals surface area (Å²) in [5, 5.41) is 3.66. The third-order valence-electron chi connectivity index (χ3n) is 3.49. The minimum Gasteiger partial charge on any atom is -0.492 e. The van der Waals surface area contributed by atoms with Gasteiger partial charge in [-0.15, -0.1) is 0 Å². The normalized spacial score (nSPS) is 14.0. The van der Waals surface area contributed by atoms with Crippen LogP contribution in [0.25, 0.3) is 0 Å². The topological polar surface area (TPSA) is 34.2 Å². The fourth-order valence-corrected chi connectivity index (χ4v) is 2.47. The molecule has 114 valence electrons. The van der Waals surface area contributed by atoms with Crippen LogP contribution >= 0.6 is 0 Å². The molecule has 0 aliphatic rings. The summed E-state index contributed by atoms with van der Waals surface area (Å²) in [4.78, 5) is 4.34. The summed E-state index contributed by atoms with van der Waals surface area (Å²) in [6.07, 6.45) is 8.38. The lowest BCUT2D eigenvalue weighted by molar-refractivity contribution is 0.313. The lowest BCUT2D eigenvalue weighted by Crippen LogP contribution is -2.27. The van der Waals surface area contributed by atoms with Crippen LogP contribution in [0, 0.1) is 5.92 Å². The summed E-state index contributed by atoms with van der Waals surface area (Å²) in [7, 11) is 0. The Kier molecular flexibility index (Phi) is 8.28. The van der Waals surface area contributed by atoms with Crippen LogP contribution in [0.1, 0.15) is 65.0 Å². The van der Waals surface area contributed by atoms with E-state index in [9.17, 15) is 0 Å². The number of nitrogens with one attached hydrogen (secondary N) is 1. The van der Waals surface area contributed by atoms with Crippen LogP contribution in [0.3, 0.4) is 0 Å². The van der Waals surface area contributed by atoms with Crippen molar-refractivity contribution in [2.75, 3.05) is 13.2 Å². The molecule has 2 atom stereocenters. The van der Waals surface area contributed by atoms with Gasteiger partial charge in [0.2, 0.25) is 0 Å². The van der Waals surface area contributed by atoms with Gasteiger partial charge in [-0.2, -0.15) is 0 Å². The summed E-state index contributed by atoms with van der Waals surface area (Å²) in [5.74, 6) is 1.49. The van der Waals surface area contributed by atoms with Crippen LogP contribution in [0.4, 0.5) is 0 Å². The Morgan fingerprint density at radius 2 is 1.95 bits per heavy atom. The van der Waals surface area contributed by atoms with E-state index >= 15 is 0 Å². The first kappa shape index (κ1) is 17.0. The van der Waals surface area contributed by atoms with Gasteiger partial charge in [-0.25, -0.2) is 0 Å². The zero-order valence-electron chi connectivity index (χ0n) is 13.5. The fourth-order valence-electron chi connectivity index (χ4n) is 2.47. The molecule has 0 aliphatic heterocycles. The second kappa shape index (κ2) is 9.76. The number of nitrogens with zero attached hydrogens (tertiary/aromatic N) is 1. The highest BCUT2D eigenvalue weighted by molar-refractivity contribution is 5.26. The third kappa shape index (κ3) is 5.49. The molecular weight excluding hydrogens is 248 g/mol. The quantitative estimate of drug-likeness (QED) is 0.691. The summed E-state index contributed by atoms with van der Waals surface area (Å²) >= 11 is 0. The molecule has 1 heterocycles. The Morgan fingerprint density at radius 1 is 1.15 bits per heavy atom. The molecule has 1 aromatic heterocycles. The van der Waals surface area contributed by atoms with Gasteiger partial charge in [-0.1, -0.05) is 34.1 Å². The van der Waals surface area contributed by atoms with E-state index in [1.54, 1.807) is 6.20 Å². The van der Waals surface area contributed by atoms with E-state index in [0.29, 0.717) is 12.0 Å². The molecule has 3 nitrogen and oxygen atoms in total. The Labute approximate surface area is 124 Å². The van der Waals surface area contributed by atoms with Crippen LogP contribution in [0.2, 0.25) is 0 Å². The average Bonchev–Trinajstić information content (AvgIpc) is 2.46. The number of hydrogen-bond donors (Lipinski definition) is 1. The van der Waals surface area contributed by atoms with Gasteiger partial charge >= 0.3 is 0 Å². The second-order valence-corrected chi connectivity index (χ2v) is 5.50. The number of hydrogen-bond acceptors (Lipinski definition) is 3. The highest BCUT2D eigenvalue weighted by atomic mass is 16.5. The molecule has 0 radical (unpaired) electrons. The predicted molar refractivity (Wildman–Crippen MR) is 85.1 cm³/mol. The maximum atomic E-state index is 5.70. The minimum absolute atomic E-state index is 0.368. The van der Waals surface area contributed by atoms with Crippen molar-refractivity contribution in [3.8, 4) is 5.75 Å². The Hall–Kier alpha value is -1.09. The number of pyridine rings is 1. The van der Waals surface area contributed by atoms with Gasteiger partial charge in [-0.3, -0.25) is 4.98 Å². The van der Waals surface area contributed by atoms with E-state index in [-0.39, 0.29) is 0 Å². The number of rotatable bonds is 10. The maximum Gasteiger partial charge on any atom is 0.137 e. The molecule has 0 saturated carbocycles. The van der Waals surface area contributed by atoms with Gasteiger partial charge in [0.1, 0.15) is 5.75 Å². The lowest BCUT2D eigenvalue weighted by atomic mass is 9.91. The zero-order chi connectivity index (χ0) is 14.8. The highest BCUT2D eigenvalue weighted by Gasteiger charge is 2.18. The first-order valence-corrected chi connectivity index (χ1v) is 8.04. The molecule has 0 bridgehead atoms. The molecule has 0 aliphatic carbocycles. The van der Waals surface area contributed by atoms with Crippen LogP contribution in [-0.4, -0.2) is 18.1 Å². The summed E-state index contributed by atoms with van der Waals surface area (Å²) in [6, 6.07) is 2.51. The van der Waals surface area contributed by atoms with E-state index in [1.165, 1.54) is 18.4 Å². The second-order valence-electron chi connectivity index (χ2n) is 5.50. The molecule has 0 spiro atoms. The van der Waals surface area contributed by atoms with Gasteiger partial charge in [0.15, 0.2) is 0 Å². The van der Waals surface area contributed by atoms with Gasteiger partial charge in [-0.05, 0) is 43.4 Å². The van der Waals surface area contributed by atoms with E-state index < -0.39 is 0 Å². The minimum atomic E-state index is 0.368. The summed E-state index contributed by atoms with van der Waals surface area (Å²) in [6.45, 7) is 10.7. The predicted octanol–water partition coefficient (Wildman–Crippen LogP) is 4.35. The molecule has 1 aromatic rings. The van der Waals surface area contributed by atoms with Crippen molar-refractivity contribution in [2.24, 2.45) is 5.92 Å². The van der Waals surface area contributed by atoms with Crippen molar-refractivity contribution in [3.05, 3.63) is 24.0 Å². The van der Waals surface area contributed by atoms with E-state index in [0.717, 1.165) is 31.7 Å². The van der Waals surface area contributed by atoms with Crippen molar-refractivity contribution in [2.45, 2.75) is 59.4 Å². The van der Waals surface area contributed by atoms with Gasteiger partial charge < -0.3 is 10.1 Å². The monoisotopic (exact) mass is 278 g/mol. The Balaban J connectivity index is 2.82.